The first kappa shape index (κ1) is 17.9. The van der Waals surface area contributed by atoms with Gasteiger partial charge in [0.2, 0.25) is 0 Å². The minimum Gasteiger partial charge on any atom is -0.369 e. The highest BCUT2D eigenvalue weighted by molar-refractivity contribution is 6.08. The van der Waals surface area contributed by atoms with Gasteiger partial charge in [0.15, 0.2) is 17.2 Å². The lowest BCUT2D eigenvalue weighted by Crippen LogP contribution is -2.51. The number of carbonyl (C=O) groups excluding carboxylic acids is 1. The molecule has 142 valence electrons. The molecule has 1 saturated carbocycles. The summed E-state index contributed by atoms with van der Waals surface area (Å²) in [7, 11) is 1.59. The summed E-state index contributed by atoms with van der Waals surface area (Å²) >= 11 is 0. The lowest BCUT2D eigenvalue weighted by molar-refractivity contribution is -0.178. The Morgan fingerprint density at radius 2 is 2.11 bits per heavy atom. The maximum Gasteiger partial charge on any atom is 0.345 e. The van der Waals surface area contributed by atoms with Gasteiger partial charge in [0.1, 0.15) is 0 Å². The van der Waals surface area contributed by atoms with Crippen LogP contribution in [0.1, 0.15) is 36.8 Å². The summed E-state index contributed by atoms with van der Waals surface area (Å²) in [5.41, 5.74) is 6.42. The van der Waals surface area contributed by atoms with Crippen LogP contribution in [0.3, 0.4) is 0 Å². The summed E-state index contributed by atoms with van der Waals surface area (Å²) in [5.74, 6) is -0.0690. The number of halogens is 2. The Bertz CT molecular complexity index is 871. The minimum absolute atomic E-state index is 0.145. The van der Waals surface area contributed by atoms with E-state index >= 15 is 0 Å². The number of carbonyl (C=O) groups is 1. The normalized spacial score (nSPS) is 32.3. The third-order valence-electron chi connectivity index (χ3n) is 6.33. The molecule has 6 nitrogen and oxygen atoms in total. The molecule has 1 atom stereocenters. The van der Waals surface area contributed by atoms with Gasteiger partial charge in [-0.1, -0.05) is 18.2 Å². The zero-order valence-corrected chi connectivity index (χ0v) is 14.9. The molecule has 0 saturated heterocycles. The van der Waals surface area contributed by atoms with E-state index in [4.69, 9.17) is 17.0 Å². The number of hydrogen-bond acceptors (Lipinski definition) is 4. The Hall–Kier alpha value is -2.53. The van der Waals surface area contributed by atoms with Crippen molar-refractivity contribution < 1.29 is 18.3 Å². The highest BCUT2D eigenvalue weighted by Crippen LogP contribution is 2.62. The number of guanidine groups is 1. The molecule has 1 amide bonds. The molecule has 2 aliphatic carbocycles. The SMILES string of the molecule is [C-]#[N+]c1ccc2c(c1)C1(N=C(N)N(C)C1=O)[C@]1(CC[C@H](OC(F)F)CC1)C2. The lowest BCUT2D eigenvalue weighted by Gasteiger charge is -2.45. The molecular formula is C19H20F2N4O2. The van der Waals surface area contributed by atoms with Gasteiger partial charge in [0, 0.05) is 12.5 Å². The number of aliphatic imine (C=N–C) groups is 1. The molecule has 4 rings (SSSR count). The first-order valence-electron chi connectivity index (χ1n) is 8.91. The number of alkyl halides is 2. The van der Waals surface area contributed by atoms with Crippen LogP contribution in [0.25, 0.3) is 4.85 Å². The average molecular weight is 374 g/mol. The van der Waals surface area contributed by atoms with E-state index in [0.29, 0.717) is 37.8 Å². The second-order valence-corrected chi connectivity index (χ2v) is 7.55. The van der Waals surface area contributed by atoms with Gasteiger partial charge < -0.3 is 10.5 Å². The second-order valence-electron chi connectivity index (χ2n) is 7.55. The van der Waals surface area contributed by atoms with Crippen molar-refractivity contribution in [2.45, 2.75) is 50.4 Å². The Morgan fingerprint density at radius 3 is 2.67 bits per heavy atom. The summed E-state index contributed by atoms with van der Waals surface area (Å²) in [5, 5.41) is 0. The van der Waals surface area contributed by atoms with Crippen LogP contribution in [0.2, 0.25) is 0 Å². The molecule has 8 heteroatoms. The quantitative estimate of drug-likeness (QED) is 0.809. The molecule has 0 aromatic heterocycles. The Labute approximate surface area is 155 Å². The number of fused-ring (bicyclic) bond motifs is 3. The zero-order chi connectivity index (χ0) is 19.4. The molecule has 1 aromatic rings. The third-order valence-corrected chi connectivity index (χ3v) is 6.33. The van der Waals surface area contributed by atoms with Gasteiger partial charge >= 0.3 is 6.61 Å². The topological polar surface area (TPSA) is 72.3 Å². The monoisotopic (exact) mass is 374 g/mol. The molecule has 27 heavy (non-hydrogen) atoms. The summed E-state index contributed by atoms with van der Waals surface area (Å²) < 4.78 is 29.9. The van der Waals surface area contributed by atoms with Crippen LogP contribution >= 0.6 is 0 Å². The van der Waals surface area contributed by atoms with Crippen LogP contribution in [0.4, 0.5) is 14.5 Å². The molecule has 1 heterocycles. The van der Waals surface area contributed by atoms with Gasteiger partial charge in [-0.15, -0.1) is 0 Å². The molecule has 3 aliphatic rings. The second kappa shape index (κ2) is 5.99. The molecule has 1 unspecified atom stereocenters. The average Bonchev–Trinajstić information content (AvgIpc) is 3.04. The number of ether oxygens (including phenoxy) is 1. The number of amides is 1. The molecule has 0 radical (unpaired) electrons. The zero-order valence-electron chi connectivity index (χ0n) is 14.9. The number of rotatable bonds is 2. The van der Waals surface area contributed by atoms with Crippen molar-refractivity contribution in [3.05, 3.63) is 40.7 Å². The number of benzene rings is 1. The molecule has 1 aromatic carbocycles. The van der Waals surface area contributed by atoms with Crippen molar-refractivity contribution in [2.24, 2.45) is 16.1 Å². The van der Waals surface area contributed by atoms with Gasteiger partial charge in [-0.3, -0.25) is 9.69 Å². The van der Waals surface area contributed by atoms with Crippen molar-refractivity contribution in [1.82, 2.24) is 4.90 Å². The van der Waals surface area contributed by atoms with Crippen LogP contribution in [0, 0.1) is 12.0 Å². The van der Waals surface area contributed by atoms with Crippen molar-refractivity contribution >= 4 is 17.6 Å². The highest BCUT2D eigenvalue weighted by Gasteiger charge is 2.66. The number of hydrogen-bond donors (Lipinski definition) is 1. The molecule has 1 fully saturated rings. The van der Waals surface area contributed by atoms with Crippen molar-refractivity contribution in [3.63, 3.8) is 0 Å². The van der Waals surface area contributed by atoms with E-state index < -0.39 is 23.7 Å². The molecule has 2 spiro atoms. The van der Waals surface area contributed by atoms with E-state index in [9.17, 15) is 13.6 Å². The van der Waals surface area contributed by atoms with E-state index in [1.54, 1.807) is 19.2 Å². The van der Waals surface area contributed by atoms with E-state index in [1.807, 2.05) is 6.07 Å². The van der Waals surface area contributed by atoms with Crippen LogP contribution in [-0.4, -0.2) is 36.5 Å². The van der Waals surface area contributed by atoms with E-state index in [-0.39, 0.29) is 11.9 Å². The van der Waals surface area contributed by atoms with Crippen molar-refractivity contribution in [3.8, 4) is 0 Å². The third kappa shape index (κ3) is 2.38. The van der Waals surface area contributed by atoms with Crippen LogP contribution in [0.5, 0.6) is 0 Å². The van der Waals surface area contributed by atoms with E-state index in [1.165, 1.54) is 4.90 Å². The van der Waals surface area contributed by atoms with Crippen molar-refractivity contribution in [1.29, 1.82) is 0 Å². The Morgan fingerprint density at radius 1 is 1.41 bits per heavy atom. The van der Waals surface area contributed by atoms with Gasteiger partial charge in [-0.25, -0.2) is 9.84 Å². The van der Waals surface area contributed by atoms with Crippen LogP contribution in [0.15, 0.2) is 23.2 Å². The van der Waals surface area contributed by atoms with E-state index in [2.05, 4.69) is 9.84 Å². The lowest BCUT2D eigenvalue weighted by atomic mass is 9.61. The van der Waals surface area contributed by atoms with E-state index in [0.717, 1.165) is 11.1 Å². The largest absolute Gasteiger partial charge is 0.369 e. The van der Waals surface area contributed by atoms with Gasteiger partial charge in [0.25, 0.3) is 5.91 Å². The Balaban J connectivity index is 1.80. The fourth-order valence-electron chi connectivity index (χ4n) is 5.03. The number of likely N-dealkylation sites (N-methyl/N-ethyl adjacent to an activating group) is 1. The maximum absolute atomic E-state index is 13.3. The van der Waals surface area contributed by atoms with Crippen molar-refractivity contribution in [2.75, 3.05) is 7.05 Å². The summed E-state index contributed by atoms with van der Waals surface area (Å²) in [6, 6.07) is 5.34. The molecule has 2 N–H and O–H groups in total. The van der Waals surface area contributed by atoms with Gasteiger partial charge in [-0.2, -0.15) is 8.78 Å². The van der Waals surface area contributed by atoms with Crippen LogP contribution < -0.4 is 5.73 Å². The first-order valence-corrected chi connectivity index (χ1v) is 8.91. The van der Waals surface area contributed by atoms with Crippen LogP contribution in [-0.2, 0) is 21.5 Å². The number of nitrogens with two attached hydrogens (primary N) is 1. The predicted molar refractivity (Wildman–Crippen MR) is 94.3 cm³/mol. The minimum atomic E-state index is -2.80. The fourth-order valence-corrected chi connectivity index (χ4v) is 5.03. The van der Waals surface area contributed by atoms with Gasteiger partial charge in [0.05, 0.1) is 12.7 Å². The summed E-state index contributed by atoms with van der Waals surface area (Å²) in [4.78, 5) is 22.8. The predicted octanol–water partition coefficient (Wildman–Crippen LogP) is 2.94. The Kier molecular flexibility index (Phi) is 3.96. The molecule has 1 aliphatic heterocycles. The molecular weight excluding hydrogens is 354 g/mol. The standard InChI is InChI=1S/C19H20F2N4O2/c1-23-12-4-3-11-10-18(7-5-13(6-8-18)27-16(20)21)19(14(11)9-12)15(26)25(2)17(22)24-19/h3-4,9,13,16H,5-8,10H2,2H3,(H2,22,24)/t13-,18-,19?. The summed E-state index contributed by atoms with van der Waals surface area (Å²) in [6.45, 7) is 4.51. The maximum atomic E-state index is 13.3. The fraction of sp³-hybridized carbons (Fsp3) is 0.526. The first-order chi connectivity index (χ1) is 12.8. The van der Waals surface area contributed by atoms with Gasteiger partial charge in [-0.05, 0) is 43.2 Å². The molecule has 0 bridgehead atoms. The highest BCUT2D eigenvalue weighted by atomic mass is 19.3. The summed E-state index contributed by atoms with van der Waals surface area (Å²) in [6.07, 6.45) is 2.01. The smallest absolute Gasteiger partial charge is 0.345 e. The number of nitrogens with zero attached hydrogens (tertiary/aromatic N) is 3.